The predicted octanol–water partition coefficient (Wildman–Crippen LogP) is 1.60. The summed E-state index contributed by atoms with van der Waals surface area (Å²) >= 11 is 0. The summed E-state index contributed by atoms with van der Waals surface area (Å²) in [4.78, 5) is 10.9. The monoisotopic (exact) mass is 236 g/mol. The molecule has 94 valence electrons. The van der Waals surface area contributed by atoms with Crippen LogP contribution in [0.2, 0.25) is 0 Å². The molecular formula is C13H20N2O2. The number of amides is 1. The van der Waals surface area contributed by atoms with E-state index in [0.29, 0.717) is 0 Å². The topological polar surface area (TPSA) is 78.3 Å². The minimum atomic E-state index is -0.359. The maximum absolute atomic E-state index is 10.9. The molecule has 1 rings (SSSR count). The molecule has 0 fully saturated rings. The molecule has 0 saturated carbocycles. The third-order valence-corrected chi connectivity index (χ3v) is 2.73. The van der Waals surface area contributed by atoms with Crippen LogP contribution in [0, 0.1) is 5.92 Å². The zero-order valence-corrected chi connectivity index (χ0v) is 10.3. The molecule has 0 heterocycles. The standard InChI is InChI=1S/C13H20N2O2/c1-3-11(14)10-6-4-5-7-12(10)17-8-9(2)13(15)16/h4-7,9,11H,3,8,14H2,1-2H3,(H2,15,16)/t9?,11-/m0/s1. The summed E-state index contributed by atoms with van der Waals surface area (Å²) < 4.78 is 5.60. The van der Waals surface area contributed by atoms with Gasteiger partial charge in [0.1, 0.15) is 5.75 Å². The molecule has 1 aromatic carbocycles. The highest BCUT2D eigenvalue weighted by atomic mass is 16.5. The molecule has 4 nitrogen and oxygen atoms in total. The minimum Gasteiger partial charge on any atom is -0.492 e. The summed E-state index contributed by atoms with van der Waals surface area (Å²) in [6.45, 7) is 4.04. The molecule has 1 unspecified atom stereocenters. The molecule has 0 aromatic heterocycles. The van der Waals surface area contributed by atoms with Crippen LogP contribution in [0.15, 0.2) is 24.3 Å². The summed E-state index contributed by atoms with van der Waals surface area (Å²) in [6, 6.07) is 7.57. The van der Waals surface area contributed by atoms with Gasteiger partial charge in [0, 0.05) is 11.6 Å². The molecule has 0 saturated heterocycles. The average molecular weight is 236 g/mol. The lowest BCUT2D eigenvalue weighted by Gasteiger charge is -2.16. The van der Waals surface area contributed by atoms with Crippen molar-refractivity contribution in [3.8, 4) is 5.75 Å². The molecule has 1 amide bonds. The number of hydrogen-bond acceptors (Lipinski definition) is 3. The van der Waals surface area contributed by atoms with E-state index in [9.17, 15) is 4.79 Å². The number of nitrogens with two attached hydrogens (primary N) is 2. The van der Waals surface area contributed by atoms with Crippen molar-refractivity contribution in [2.45, 2.75) is 26.3 Å². The molecule has 1 aromatic rings. The highest BCUT2D eigenvalue weighted by Crippen LogP contribution is 2.25. The number of hydrogen-bond donors (Lipinski definition) is 2. The Balaban J connectivity index is 2.73. The van der Waals surface area contributed by atoms with E-state index in [0.717, 1.165) is 17.7 Å². The summed E-state index contributed by atoms with van der Waals surface area (Å²) in [7, 11) is 0. The van der Waals surface area contributed by atoms with E-state index in [-0.39, 0.29) is 24.5 Å². The summed E-state index contributed by atoms with van der Waals surface area (Å²) in [6.07, 6.45) is 0.839. The van der Waals surface area contributed by atoms with Gasteiger partial charge in [-0.15, -0.1) is 0 Å². The molecular weight excluding hydrogens is 216 g/mol. The number of carbonyl (C=O) groups is 1. The SMILES string of the molecule is CC[C@H](N)c1ccccc1OCC(C)C(N)=O. The summed E-state index contributed by atoms with van der Waals surface area (Å²) in [5.41, 5.74) is 12.1. The van der Waals surface area contributed by atoms with E-state index in [2.05, 4.69) is 0 Å². The molecule has 0 aliphatic carbocycles. The fraction of sp³-hybridized carbons (Fsp3) is 0.462. The van der Waals surface area contributed by atoms with Crippen LogP contribution in [0.25, 0.3) is 0 Å². The third-order valence-electron chi connectivity index (χ3n) is 2.73. The van der Waals surface area contributed by atoms with Crippen LogP contribution in [0.1, 0.15) is 31.9 Å². The number of ether oxygens (including phenoxy) is 1. The Bertz CT molecular complexity index is 379. The van der Waals surface area contributed by atoms with Gasteiger partial charge in [-0.3, -0.25) is 4.79 Å². The highest BCUT2D eigenvalue weighted by molar-refractivity contribution is 5.76. The van der Waals surface area contributed by atoms with Crippen molar-refractivity contribution in [3.05, 3.63) is 29.8 Å². The Kier molecular flexibility index (Phi) is 4.97. The van der Waals surface area contributed by atoms with Gasteiger partial charge in [-0.05, 0) is 12.5 Å². The molecule has 17 heavy (non-hydrogen) atoms. The van der Waals surface area contributed by atoms with Gasteiger partial charge >= 0.3 is 0 Å². The van der Waals surface area contributed by atoms with Crippen molar-refractivity contribution in [3.63, 3.8) is 0 Å². The number of rotatable bonds is 6. The molecule has 4 heteroatoms. The van der Waals surface area contributed by atoms with Crippen molar-refractivity contribution < 1.29 is 9.53 Å². The normalized spacial score (nSPS) is 14.1. The number of carbonyl (C=O) groups excluding carboxylic acids is 1. The second kappa shape index (κ2) is 6.25. The van der Waals surface area contributed by atoms with E-state index in [1.54, 1.807) is 6.92 Å². The number of primary amides is 1. The van der Waals surface area contributed by atoms with Gasteiger partial charge in [0.15, 0.2) is 0 Å². The van der Waals surface area contributed by atoms with Crippen LogP contribution in [0.3, 0.4) is 0 Å². The van der Waals surface area contributed by atoms with Crippen LogP contribution in [0.5, 0.6) is 5.75 Å². The second-order valence-corrected chi connectivity index (χ2v) is 4.17. The Morgan fingerprint density at radius 1 is 1.41 bits per heavy atom. The molecule has 2 atom stereocenters. The van der Waals surface area contributed by atoms with E-state index in [4.69, 9.17) is 16.2 Å². The fourth-order valence-corrected chi connectivity index (χ4v) is 1.44. The minimum absolute atomic E-state index is 0.0462. The first-order chi connectivity index (χ1) is 8.06. The zero-order chi connectivity index (χ0) is 12.8. The van der Waals surface area contributed by atoms with Crippen molar-refractivity contribution in [1.82, 2.24) is 0 Å². The van der Waals surface area contributed by atoms with Crippen LogP contribution in [-0.2, 0) is 4.79 Å². The van der Waals surface area contributed by atoms with Gasteiger partial charge in [-0.2, -0.15) is 0 Å². The summed E-state index contributed by atoms with van der Waals surface area (Å²) in [5, 5.41) is 0. The lowest BCUT2D eigenvalue weighted by atomic mass is 10.0. The molecule has 0 spiro atoms. The quantitative estimate of drug-likeness (QED) is 0.787. The Hall–Kier alpha value is -1.55. The average Bonchev–Trinajstić information content (AvgIpc) is 2.35. The van der Waals surface area contributed by atoms with E-state index in [1.807, 2.05) is 31.2 Å². The predicted molar refractivity (Wildman–Crippen MR) is 67.5 cm³/mol. The van der Waals surface area contributed by atoms with Gasteiger partial charge in [0.2, 0.25) is 5.91 Å². The van der Waals surface area contributed by atoms with Crippen molar-refractivity contribution in [2.75, 3.05) is 6.61 Å². The first-order valence-corrected chi connectivity index (χ1v) is 5.82. The van der Waals surface area contributed by atoms with Gasteiger partial charge in [0.25, 0.3) is 0 Å². The smallest absolute Gasteiger partial charge is 0.223 e. The molecule has 0 aliphatic rings. The summed E-state index contributed by atoms with van der Waals surface area (Å²) in [5.74, 6) is 0.0677. The largest absolute Gasteiger partial charge is 0.492 e. The lowest BCUT2D eigenvalue weighted by molar-refractivity contribution is -0.122. The van der Waals surface area contributed by atoms with Crippen LogP contribution < -0.4 is 16.2 Å². The van der Waals surface area contributed by atoms with Gasteiger partial charge in [0.05, 0.1) is 12.5 Å². The van der Waals surface area contributed by atoms with E-state index in [1.165, 1.54) is 0 Å². The molecule has 0 bridgehead atoms. The molecule has 0 aliphatic heterocycles. The molecule has 4 N–H and O–H groups in total. The van der Waals surface area contributed by atoms with Gasteiger partial charge in [-0.25, -0.2) is 0 Å². The zero-order valence-electron chi connectivity index (χ0n) is 10.3. The van der Waals surface area contributed by atoms with Crippen molar-refractivity contribution in [2.24, 2.45) is 17.4 Å². The van der Waals surface area contributed by atoms with Crippen molar-refractivity contribution >= 4 is 5.91 Å². The highest BCUT2D eigenvalue weighted by Gasteiger charge is 2.13. The van der Waals surface area contributed by atoms with Gasteiger partial charge in [-0.1, -0.05) is 32.0 Å². The third kappa shape index (κ3) is 3.75. The number of benzene rings is 1. The maximum atomic E-state index is 10.9. The Morgan fingerprint density at radius 2 is 2.06 bits per heavy atom. The molecule has 0 radical (unpaired) electrons. The van der Waals surface area contributed by atoms with Gasteiger partial charge < -0.3 is 16.2 Å². The van der Waals surface area contributed by atoms with E-state index < -0.39 is 0 Å². The van der Waals surface area contributed by atoms with E-state index >= 15 is 0 Å². The number of para-hydroxylation sites is 1. The maximum Gasteiger partial charge on any atom is 0.223 e. The Morgan fingerprint density at radius 3 is 2.65 bits per heavy atom. The first-order valence-electron chi connectivity index (χ1n) is 5.82. The fourth-order valence-electron chi connectivity index (χ4n) is 1.44. The van der Waals surface area contributed by atoms with Crippen LogP contribution in [-0.4, -0.2) is 12.5 Å². The van der Waals surface area contributed by atoms with Crippen molar-refractivity contribution in [1.29, 1.82) is 0 Å². The first kappa shape index (κ1) is 13.5. The Labute approximate surface area is 102 Å². The lowest BCUT2D eigenvalue weighted by Crippen LogP contribution is -2.26. The van der Waals surface area contributed by atoms with Crippen LogP contribution in [0.4, 0.5) is 0 Å². The van der Waals surface area contributed by atoms with Crippen LogP contribution >= 0.6 is 0 Å². The second-order valence-electron chi connectivity index (χ2n) is 4.17.